The minimum absolute atomic E-state index is 0. The molecule has 3 N–H and O–H groups in total. The van der Waals surface area contributed by atoms with Gasteiger partial charge in [-0.15, -0.1) is 0 Å². The van der Waals surface area contributed by atoms with Gasteiger partial charge in [0.05, 0.1) is 13.2 Å². The zero-order valence-electron chi connectivity index (χ0n) is 14.6. The molecule has 0 fully saturated rings. The van der Waals surface area contributed by atoms with Crippen LogP contribution in [0.2, 0.25) is 0 Å². The van der Waals surface area contributed by atoms with Crippen molar-refractivity contribution in [2.45, 2.75) is 18.9 Å². The zero-order valence-corrected chi connectivity index (χ0v) is 15.3. The molecular weight excluding hydrogens is 334 g/mol. The largest absolute Gasteiger partial charge is 1.00 e. The van der Waals surface area contributed by atoms with Gasteiger partial charge in [0.2, 0.25) is 0 Å². The summed E-state index contributed by atoms with van der Waals surface area (Å²) in [5.41, 5.74) is 0.583. The molecule has 2 rings (SSSR count). The fourth-order valence-corrected chi connectivity index (χ4v) is 2.72. The van der Waals surface area contributed by atoms with E-state index >= 15 is 0 Å². The van der Waals surface area contributed by atoms with Crippen LogP contribution in [-0.2, 0) is 5.60 Å². The highest BCUT2D eigenvalue weighted by Crippen LogP contribution is 2.32. The van der Waals surface area contributed by atoms with E-state index in [4.69, 9.17) is 5.11 Å². The quantitative estimate of drug-likeness (QED) is 0.512. The third kappa shape index (κ3) is 5.88. The summed E-state index contributed by atoms with van der Waals surface area (Å²) in [6, 6.07) is 19.3. The van der Waals surface area contributed by atoms with Gasteiger partial charge in [0, 0.05) is 6.42 Å². The van der Waals surface area contributed by atoms with Crippen molar-refractivity contribution < 1.29 is 27.5 Å². The van der Waals surface area contributed by atoms with Crippen molar-refractivity contribution in [3.05, 3.63) is 71.8 Å². The first-order valence-corrected chi connectivity index (χ1v) is 8.44. The number of rotatable bonds is 7. The predicted octanol–water partition coefficient (Wildman–Crippen LogP) is -1.78. The molecule has 134 valence electrons. The summed E-state index contributed by atoms with van der Waals surface area (Å²) in [4.78, 5) is 1.24. The van der Waals surface area contributed by atoms with Gasteiger partial charge in [-0.25, -0.2) is 0 Å². The van der Waals surface area contributed by atoms with Gasteiger partial charge < -0.3 is 27.5 Å². The Morgan fingerprint density at radius 2 is 1.44 bits per heavy atom. The second-order valence-electron chi connectivity index (χ2n) is 5.88. The predicted molar refractivity (Wildman–Crippen MR) is 96.6 cm³/mol. The average Bonchev–Trinajstić information content (AvgIpc) is 2.65. The molecule has 0 heterocycles. The van der Waals surface area contributed by atoms with Crippen LogP contribution in [0, 0.1) is 11.8 Å². The van der Waals surface area contributed by atoms with Crippen LogP contribution in [0.15, 0.2) is 60.7 Å². The molecule has 0 spiro atoms. The van der Waals surface area contributed by atoms with E-state index in [1.807, 2.05) is 60.7 Å². The number of likely N-dealkylation sites (N-methyl/N-ethyl adjacent to an activating group) is 1. The fourth-order valence-electron chi connectivity index (χ4n) is 2.72. The van der Waals surface area contributed by atoms with Crippen LogP contribution in [-0.4, -0.2) is 36.5 Å². The number of hydrogen-bond donors (Lipinski definition) is 3. The number of halogens is 1. The maximum Gasteiger partial charge on any atom is 0.139 e. The van der Waals surface area contributed by atoms with Gasteiger partial charge in [0.25, 0.3) is 0 Å². The van der Waals surface area contributed by atoms with Gasteiger partial charge >= 0.3 is 0 Å². The number of nitrogens with one attached hydrogen (secondary N) is 1. The molecule has 0 aliphatic carbocycles. The average molecular weight is 360 g/mol. The Morgan fingerprint density at radius 3 is 1.88 bits per heavy atom. The van der Waals surface area contributed by atoms with Crippen molar-refractivity contribution >= 4 is 0 Å². The van der Waals surface area contributed by atoms with Crippen LogP contribution in [0.5, 0.6) is 0 Å². The maximum absolute atomic E-state index is 11.3. The summed E-state index contributed by atoms with van der Waals surface area (Å²) < 4.78 is 0. The van der Waals surface area contributed by atoms with Gasteiger partial charge in [-0.1, -0.05) is 66.6 Å². The lowest BCUT2D eigenvalue weighted by Crippen LogP contribution is -3.12. The molecule has 0 aromatic heterocycles. The minimum atomic E-state index is -1.11. The Kier molecular flexibility index (Phi) is 9.26. The summed E-state index contributed by atoms with van der Waals surface area (Å²) >= 11 is 0. The first-order valence-electron chi connectivity index (χ1n) is 8.44. The normalized spacial score (nSPS) is 11.8. The Balaban J connectivity index is 0.00000312. The van der Waals surface area contributed by atoms with Gasteiger partial charge in [-0.2, -0.15) is 0 Å². The van der Waals surface area contributed by atoms with E-state index in [9.17, 15) is 5.11 Å². The monoisotopic (exact) mass is 359 g/mol. The number of hydrogen-bond acceptors (Lipinski definition) is 2. The van der Waals surface area contributed by atoms with Gasteiger partial charge in [-0.05, 0) is 24.0 Å². The summed E-state index contributed by atoms with van der Waals surface area (Å²) in [6.07, 6.45) is 0.344. The van der Waals surface area contributed by atoms with E-state index in [1.54, 1.807) is 0 Å². The lowest BCUT2D eigenvalue weighted by atomic mass is 9.84. The van der Waals surface area contributed by atoms with Crippen molar-refractivity contribution in [3.8, 4) is 11.8 Å². The number of quaternary nitrogens is 1. The number of aliphatic hydroxyl groups excluding tert-OH is 1. The Morgan fingerprint density at radius 1 is 0.920 bits per heavy atom. The summed E-state index contributed by atoms with van der Waals surface area (Å²) in [5.74, 6) is 6.30. The van der Waals surface area contributed by atoms with Crippen molar-refractivity contribution in [2.24, 2.45) is 0 Å². The summed E-state index contributed by atoms with van der Waals surface area (Å²) in [5, 5.41) is 20.4. The topological polar surface area (TPSA) is 44.9 Å². The smallest absolute Gasteiger partial charge is 0.139 e. The molecule has 25 heavy (non-hydrogen) atoms. The van der Waals surface area contributed by atoms with Crippen molar-refractivity contribution in [2.75, 3.05) is 26.2 Å². The van der Waals surface area contributed by atoms with E-state index < -0.39 is 5.60 Å². The molecule has 0 aliphatic heterocycles. The Hall–Kier alpha value is -1.83. The molecule has 2 aromatic rings. The third-order valence-electron chi connectivity index (χ3n) is 4.28. The number of benzene rings is 2. The highest BCUT2D eigenvalue weighted by atomic mass is 35.5. The standard InChI is InChI=1S/C21H25NO2.ClH/c1-2-22(17-18-23)16-10-9-15-21(24,19-11-5-3-6-12-19)20-13-7-4-8-14-20;/h3-8,11-14,23-24H,2,15-18H2,1H3;1H. The van der Waals surface area contributed by atoms with Crippen LogP contribution in [0.1, 0.15) is 24.5 Å². The maximum atomic E-state index is 11.3. The first-order chi connectivity index (χ1) is 11.7. The van der Waals surface area contributed by atoms with E-state index in [0.29, 0.717) is 19.5 Å². The molecule has 3 nitrogen and oxygen atoms in total. The summed E-state index contributed by atoms with van der Waals surface area (Å²) in [6.45, 7) is 4.56. The van der Waals surface area contributed by atoms with E-state index in [-0.39, 0.29) is 19.0 Å². The first kappa shape index (κ1) is 21.2. The van der Waals surface area contributed by atoms with Gasteiger partial charge in [0.1, 0.15) is 18.7 Å². The molecule has 2 aromatic carbocycles. The van der Waals surface area contributed by atoms with Gasteiger partial charge in [0.15, 0.2) is 0 Å². The van der Waals surface area contributed by atoms with E-state index in [0.717, 1.165) is 17.7 Å². The van der Waals surface area contributed by atoms with E-state index in [1.165, 1.54) is 4.90 Å². The second kappa shape index (κ2) is 10.9. The molecule has 0 bridgehead atoms. The second-order valence-corrected chi connectivity index (χ2v) is 5.88. The SMILES string of the molecule is CC[NH+](CC#CCC(O)(c1ccccc1)c1ccccc1)CCO.[Cl-]. The Bertz CT molecular complexity index is 625. The molecule has 0 radical (unpaired) electrons. The fraction of sp³-hybridized carbons (Fsp3) is 0.333. The van der Waals surface area contributed by atoms with Crippen LogP contribution in [0.25, 0.3) is 0 Å². The lowest BCUT2D eigenvalue weighted by Gasteiger charge is -2.27. The zero-order chi connectivity index (χ0) is 17.3. The highest BCUT2D eigenvalue weighted by molar-refractivity contribution is 5.37. The molecular formula is C21H26ClNO2. The summed E-state index contributed by atoms with van der Waals surface area (Å²) in [7, 11) is 0. The van der Waals surface area contributed by atoms with Crippen LogP contribution < -0.4 is 17.3 Å². The molecule has 0 aliphatic rings. The van der Waals surface area contributed by atoms with E-state index in [2.05, 4.69) is 18.8 Å². The Labute approximate surface area is 156 Å². The molecule has 1 unspecified atom stereocenters. The van der Waals surface area contributed by atoms with Crippen molar-refractivity contribution in [3.63, 3.8) is 0 Å². The van der Waals surface area contributed by atoms with Gasteiger partial charge in [-0.3, -0.25) is 0 Å². The minimum Gasteiger partial charge on any atom is -1.00 e. The number of aliphatic hydroxyl groups is 2. The van der Waals surface area contributed by atoms with Crippen molar-refractivity contribution in [1.29, 1.82) is 0 Å². The lowest BCUT2D eigenvalue weighted by molar-refractivity contribution is -0.891. The van der Waals surface area contributed by atoms with Crippen LogP contribution >= 0.6 is 0 Å². The molecule has 0 saturated heterocycles. The van der Waals surface area contributed by atoms with Crippen LogP contribution in [0.4, 0.5) is 0 Å². The third-order valence-corrected chi connectivity index (χ3v) is 4.28. The molecule has 1 atom stereocenters. The van der Waals surface area contributed by atoms with Crippen molar-refractivity contribution in [1.82, 2.24) is 0 Å². The molecule has 0 amide bonds. The molecule has 0 saturated carbocycles. The van der Waals surface area contributed by atoms with Crippen LogP contribution in [0.3, 0.4) is 0 Å². The molecule has 4 heteroatoms. The highest BCUT2D eigenvalue weighted by Gasteiger charge is 2.30.